The monoisotopic (exact) mass is 214 g/mol. The average Bonchev–Trinajstić information content (AvgIpc) is 2.31. The Morgan fingerprint density at radius 1 is 1.70 bits per heavy atom. The van der Waals surface area contributed by atoms with Crippen LogP contribution in [0.15, 0.2) is 15.2 Å². The molecule has 0 aliphatic carbocycles. The summed E-state index contributed by atoms with van der Waals surface area (Å²) in [6.07, 6.45) is 6.96. The first kappa shape index (κ1) is 7.84. The van der Waals surface area contributed by atoms with E-state index >= 15 is 0 Å². The normalized spacial score (nSPS) is 9.20. The van der Waals surface area contributed by atoms with Gasteiger partial charge in [0.25, 0.3) is 0 Å². The van der Waals surface area contributed by atoms with Gasteiger partial charge in [-0.2, -0.15) is 0 Å². The van der Waals surface area contributed by atoms with Crippen LogP contribution in [0.2, 0.25) is 0 Å². The van der Waals surface area contributed by atoms with Crippen LogP contribution in [0.3, 0.4) is 0 Å². The summed E-state index contributed by atoms with van der Waals surface area (Å²) in [5.74, 6) is 2.61. The fourth-order valence-electron chi connectivity index (χ4n) is 0.693. The third kappa shape index (κ3) is 2.17. The summed E-state index contributed by atoms with van der Waals surface area (Å²) >= 11 is 5.09. The van der Waals surface area contributed by atoms with Gasteiger partial charge in [0.1, 0.15) is 0 Å². The second-order valence-electron chi connectivity index (χ2n) is 1.96. The second kappa shape index (κ2) is 3.80. The SMILES string of the molecule is C#CCCc1csc(Br)c1. The maximum absolute atomic E-state index is 5.12. The third-order valence-electron chi connectivity index (χ3n) is 1.18. The van der Waals surface area contributed by atoms with E-state index in [0.29, 0.717) is 0 Å². The van der Waals surface area contributed by atoms with E-state index < -0.39 is 0 Å². The van der Waals surface area contributed by atoms with Crippen molar-refractivity contribution in [3.05, 3.63) is 20.8 Å². The Kier molecular flexibility index (Phi) is 2.98. The molecule has 0 bridgehead atoms. The van der Waals surface area contributed by atoms with E-state index in [1.54, 1.807) is 11.3 Å². The largest absolute Gasteiger partial charge is 0.137 e. The van der Waals surface area contributed by atoms with Crippen molar-refractivity contribution in [2.75, 3.05) is 0 Å². The van der Waals surface area contributed by atoms with Crippen molar-refractivity contribution in [3.63, 3.8) is 0 Å². The molecule has 0 unspecified atom stereocenters. The fourth-order valence-corrected chi connectivity index (χ4v) is 1.94. The highest BCUT2D eigenvalue weighted by Crippen LogP contribution is 2.21. The predicted octanol–water partition coefficient (Wildman–Crippen LogP) is 3.08. The van der Waals surface area contributed by atoms with Crippen LogP contribution >= 0.6 is 27.3 Å². The number of rotatable bonds is 2. The Labute approximate surface area is 73.4 Å². The van der Waals surface area contributed by atoms with E-state index in [9.17, 15) is 0 Å². The van der Waals surface area contributed by atoms with Gasteiger partial charge >= 0.3 is 0 Å². The second-order valence-corrected chi connectivity index (χ2v) is 4.25. The van der Waals surface area contributed by atoms with Gasteiger partial charge < -0.3 is 0 Å². The highest BCUT2D eigenvalue weighted by molar-refractivity contribution is 9.11. The maximum atomic E-state index is 5.12. The summed E-state index contributed by atoms with van der Waals surface area (Å²) in [4.78, 5) is 0. The highest BCUT2D eigenvalue weighted by atomic mass is 79.9. The summed E-state index contributed by atoms with van der Waals surface area (Å²) < 4.78 is 1.18. The van der Waals surface area contributed by atoms with Gasteiger partial charge in [0.05, 0.1) is 3.79 Å². The van der Waals surface area contributed by atoms with Crippen molar-refractivity contribution in [2.24, 2.45) is 0 Å². The van der Waals surface area contributed by atoms with Gasteiger partial charge in [-0.15, -0.1) is 23.7 Å². The summed E-state index contributed by atoms with van der Waals surface area (Å²) in [6, 6.07) is 2.11. The Bertz CT molecular complexity index is 244. The Morgan fingerprint density at radius 2 is 2.50 bits per heavy atom. The quantitative estimate of drug-likeness (QED) is 0.665. The Morgan fingerprint density at radius 3 is 3.00 bits per heavy atom. The Balaban J connectivity index is 2.52. The summed E-state index contributed by atoms with van der Waals surface area (Å²) in [6.45, 7) is 0. The van der Waals surface area contributed by atoms with Crippen LogP contribution in [-0.4, -0.2) is 0 Å². The highest BCUT2D eigenvalue weighted by Gasteiger charge is 1.94. The lowest BCUT2D eigenvalue weighted by atomic mass is 10.2. The van der Waals surface area contributed by atoms with Gasteiger partial charge in [0.15, 0.2) is 0 Å². The lowest BCUT2D eigenvalue weighted by Crippen LogP contribution is -1.76. The maximum Gasteiger partial charge on any atom is 0.0701 e. The molecule has 0 saturated carbocycles. The molecule has 0 nitrogen and oxygen atoms in total. The number of hydrogen-bond acceptors (Lipinski definition) is 1. The zero-order valence-corrected chi connectivity index (χ0v) is 7.83. The molecule has 52 valence electrons. The first-order chi connectivity index (χ1) is 4.83. The molecule has 0 saturated heterocycles. The van der Waals surface area contributed by atoms with Gasteiger partial charge in [-0.25, -0.2) is 0 Å². The predicted molar refractivity (Wildman–Crippen MR) is 49.2 cm³/mol. The minimum absolute atomic E-state index is 0.836. The molecular formula is C8H7BrS. The molecule has 1 aromatic rings. The first-order valence-corrected chi connectivity index (χ1v) is 4.66. The van der Waals surface area contributed by atoms with Crippen molar-refractivity contribution in [3.8, 4) is 12.3 Å². The molecule has 0 aliphatic heterocycles. The van der Waals surface area contributed by atoms with Crippen molar-refractivity contribution >= 4 is 27.3 Å². The minimum Gasteiger partial charge on any atom is -0.137 e. The van der Waals surface area contributed by atoms with E-state index in [1.807, 2.05) is 0 Å². The summed E-state index contributed by atoms with van der Waals surface area (Å²) in [5, 5.41) is 2.13. The lowest BCUT2D eigenvalue weighted by molar-refractivity contribution is 1.04. The van der Waals surface area contributed by atoms with Gasteiger partial charge in [0, 0.05) is 6.42 Å². The number of terminal acetylenes is 1. The van der Waals surface area contributed by atoms with Crippen LogP contribution < -0.4 is 0 Å². The molecule has 10 heavy (non-hydrogen) atoms. The minimum atomic E-state index is 0.836. The Hall–Kier alpha value is -0.260. The number of aryl methyl sites for hydroxylation is 1. The molecule has 2 heteroatoms. The molecule has 0 amide bonds. The molecule has 0 fully saturated rings. The molecule has 0 atom stereocenters. The molecule has 1 heterocycles. The fraction of sp³-hybridized carbons (Fsp3) is 0.250. The molecule has 0 radical (unpaired) electrons. The van der Waals surface area contributed by atoms with Gasteiger partial charge in [0.2, 0.25) is 0 Å². The van der Waals surface area contributed by atoms with Gasteiger partial charge in [-0.1, -0.05) is 0 Å². The molecule has 0 aromatic carbocycles. The molecule has 0 spiro atoms. The van der Waals surface area contributed by atoms with Crippen molar-refractivity contribution < 1.29 is 0 Å². The zero-order chi connectivity index (χ0) is 7.40. The summed E-state index contributed by atoms with van der Waals surface area (Å²) in [7, 11) is 0. The zero-order valence-electron chi connectivity index (χ0n) is 5.43. The third-order valence-corrected chi connectivity index (χ3v) is 2.73. The van der Waals surface area contributed by atoms with Crippen LogP contribution in [-0.2, 0) is 6.42 Å². The smallest absolute Gasteiger partial charge is 0.0701 e. The van der Waals surface area contributed by atoms with E-state index in [-0.39, 0.29) is 0 Å². The van der Waals surface area contributed by atoms with E-state index in [0.717, 1.165) is 12.8 Å². The van der Waals surface area contributed by atoms with Crippen LogP contribution in [0, 0.1) is 12.3 Å². The molecule has 0 N–H and O–H groups in total. The van der Waals surface area contributed by atoms with Gasteiger partial charge in [-0.05, 0) is 39.4 Å². The molecular weight excluding hydrogens is 208 g/mol. The van der Waals surface area contributed by atoms with Crippen molar-refractivity contribution in [1.29, 1.82) is 0 Å². The number of hydrogen-bond donors (Lipinski definition) is 0. The van der Waals surface area contributed by atoms with E-state index in [4.69, 9.17) is 6.42 Å². The van der Waals surface area contributed by atoms with E-state index in [1.165, 1.54) is 9.35 Å². The van der Waals surface area contributed by atoms with Crippen molar-refractivity contribution in [2.45, 2.75) is 12.8 Å². The molecule has 1 rings (SSSR count). The lowest BCUT2D eigenvalue weighted by Gasteiger charge is -1.86. The van der Waals surface area contributed by atoms with Gasteiger partial charge in [-0.3, -0.25) is 0 Å². The molecule has 1 aromatic heterocycles. The number of halogens is 1. The van der Waals surface area contributed by atoms with Crippen molar-refractivity contribution in [1.82, 2.24) is 0 Å². The average molecular weight is 215 g/mol. The topological polar surface area (TPSA) is 0 Å². The van der Waals surface area contributed by atoms with Crippen LogP contribution in [0.25, 0.3) is 0 Å². The van der Waals surface area contributed by atoms with Crippen LogP contribution in [0.4, 0.5) is 0 Å². The molecule has 0 aliphatic rings. The standard InChI is InChI=1S/C8H7BrS/c1-2-3-4-7-5-8(9)10-6-7/h1,5-6H,3-4H2. The van der Waals surface area contributed by atoms with E-state index in [2.05, 4.69) is 33.3 Å². The van der Waals surface area contributed by atoms with Crippen LogP contribution in [0.1, 0.15) is 12.0 Å². The summed E-state index contributed by atoms with van der Waals surface area (Å²) in [5.41, 5.74) is 1.33. The van der Waals surface area contributed by atoms with Crippen LogP contribution in [0.5, 0.6) is 0 Å². The first-order valence-electron chi connectivity index (χ1n) is 2.99. The number of thiophene rings is 1.